The van der Waals surface area contributed by atoms with Gasteiger partial charge in [-0.25, -0.2) is 4.98 Å². The Morgan fingerprint density at radius 2 is 1.81 bits per heavy atom. The zero-order valence-corrected chi connectivity index (χ0v) is 15.8. The number of halogens is 1. The van der Waals surface area contributed by atoms with E-state index < -0.39 is 11.8 Å². The first-order valence-corrected chi connectivity index (χ1v) is 9.29. The maximum Gasteiger partial charge on any atom is 0.276 e. The minimum Gasteiger partial charge on any atom is -0.490 e. The van der Waals surface area contributed by atoms with Crippen LogP contribution in [-0.2, 0) is 4.79 Å². The van der Waals surface area contributed by atoms with Gasteiger partial charge in [-0.1, -0.05) is 23.7 Å². The molecule has 0 aliphatic rings. The molecule has 2 rings (SSSR count). The standard InChI is InChI=1S/C17H18ClN3O4S/c1-3-24-12-6-4-5-7-13(12)25-10-15(22)20-21-16(23)11-8-9-14(18)19-17(11)26-2/h4-9H,3,10H2,1-2H3,(H,20,22)(H,21,23). The number of hydrogen-bond donors (Lipinski definition) is 2. The topological polar surface area (TPSA) is 89.5 Å². The molecule has 2 amide bonds. The van der Waals surface area contributed by atoms with Gasteiger partial charge in [0.05, 0.1) is 12.2 Å². The summed E-state index contributed by atoms with van der Waals surface area (Å²) >= 11 is 7.09. The summed E-state index contributed by atoms with van der Waals surface area (Å²) in [5, 5.41) is 0.752. The predicted octanol–water partition coefficient (Wildman–Crippen LogP) is 2.70. The first kappa shape index (κ1) is 19.9. The van der Waals surface area contributed by atoms with E-state index in [0.29, 0.717) is 28.7 Å². The Bertz CT molecular complexity index is 788. The van der Waals surface area contributed by atoms with E-state index in [1.54, 1.807) is 24.5 Å². The number of nitrogens with zero attached hydrogens (tertiary/aromatic N) is 1. The first-order chi connectivity index (χ1) is 12.5. The van der Waals surface area contributed by atoms with Crippen molar-refractivity contribution in [2.24, 2.45) is 0 Å². The average molecular weight is 396 g/mol. The number of rotatable bonds is 7. The van der Waals surface area contributed by atoms with E-state index in [4.69, 9.17) is 21.1 Å². The summed E-state index contributed by atoms with van der Waals surface area (Å²) in [5.74, 6) is -0.0232. The highest BCUT2D eigenvalue weighted by Gasteiger charge is 2.14. The number of benzene rings is 1. The quantitative estimate of drug-likeness (QED) is 0.425. The van der Waals surface area contributed by atoms with Gasteiger partial charge in [0.1, 0.15) is 10.2 Å². The number of amides is 2. The molecule has 0 atom stereocenters. The first-order valence-electron chi connectivity index (χ1n) is 7.69. The Morgan fingerprint density at radius 1 is 1.12 bits per heavy atom. The second-order valence-electron chi connectivity index (χ2n) is 4.86. The highest BCUT2D eigenvalue weighted by Crippen LogP contribution is 2.26. The number of nitrogens with one attached hydrogen (secondary N) is 2. The van der Waals surface area contributed by atoms with Crippen LogP contribution < -0.4 is 20.3 Å². The molecule has 7 nitrogen and oxygen atoms in total. The summed E-state index contributed by atoms with van der Waals surface area (Å²) in [6, 6.07) is 10.1. The number of hydrogen-bond acceptors (Lipinski definition) is 6. The van der Waals surface area contributed by atoms with Gasteiger partial charge in [0, 0.05) is 0 Å². The Labute approximate surface area is 160 Å². The molecule has 0 spiro atoms. The van der Waals surface area contributed by atoms with Crippen molar-refractivity contribution in [2.75, 3.05) is 19.5 Å². The monoisotopic (exact) mass is 395 g/mol. The summed E-state index contributed by atoms with van der Waals surface area (Å²) in [5.41, 5.74) is 4.93. The van der Waals surface area contributed by atoms with Gasteiger partial charge in [-0.3, -0.25) is 20.4 Å². The molecular weight excluding hydrogens is 378 g/mol. The van der Waals surface area contributed by atoms with Crippen molar-refractivity contribution in [2.45, 2.75) is 11.9 Å². The van der Waals surface area contributed by atoms with Crippen molar-refractivity contribution in [3.05, 3.63) is 47.1 Å². The Morgan fingerprint density at radius 3 is 2.46 bits per heavy atom. The number of para-hydroxylation sites is 2. The second-order valence-corrected chi connectivity index (χ2v) is 6.04. The third-order valence-corrected chi connectivity index (χ3v) is 4.00. The molecular formula is C17H18ClN3O4S. The molecule has 2 N–H and O–H groups in total. The maximum atomic E-state index is 12.2. The van der Waals surface area contributed by atoms with Gasteiger partial charge in [-0.05, 0) is 37.4 Å². The third-order valence-electron chi connectivity index (χ3n) is 3.09. The van der Waals surface area contributed by atoms with Crippen LogP contribution in [-0.4, -0.2) is 36.3 Å². The number of hydrazine groups is 1. The lowest BCUT2D eigenvalue weighted by Gasteiger charge is -2.12. The minimum atomic E-state index is -0.516. The predicted molar refractivity (Wildman–Crippen MR) is 99.7 cm³/mol. The summed E-state index contributed by atoms with van der Waals surface area (Å²) in [4.78, 5) is 28.1. The summed E-state index contributed by atoms with van der Waals surface area (Å²) in [7, 11) is 0. The second kappa shape index (κ2) is 9.88. The molecule has 0 fully saturated rings. The van der Waals surface area contributed by atoms with E-state index in [2.05, 4.69) is 15.8 Å². The van der Waals surface area contributed by atoms with Gasteiger partial charge in [-0.15, -0.1) is 11.8 Å². The molecule has 0 saturated carbocycles. The third kappa shape index (κ3) is 5.53. The molecule has 1 aromatic carbocycles. The molecule has 0 saturated heterocycles. The normalized spacial score (nSPS) is 10.1. The summed E-state index contributed by atoms with van der Waals surface area (Å²) in [6.07, 6.45) is 1.78. The zero-order valence-electron chi connectivity index (χ0n) is 14.2. The van der Waals surface area contributed by atoms with Crippen LogP contribution in [0, 0.1) is 0 Å². The van der Waals surface area contributed by atoms with Crippen LogP contribution in [0.3, 0.4) is 0 Å². The van der Waals surface area contributed by atoms with Crippen molar-refractivity contribution < 1.29 is 19.1 Å². The van der Waals surface area contributed by atoms with Crippen molar-refractivity contribution in [1.29, 1.82) is 0 Å². The highest BCUT2D eigenvalue weighted by atomic mass is 35.5. The minimum absolute atomic E-state index is 0.279. The van der Waals surface area contributed by atoms with Gasteiger partial charge in [0.2, 0.25) is 0 Å². The molecule has 1 aromatic heterocycles. The largest absolute Gasteiger partial charge is 0.490 e. The fraction of sp³-hybridized carbons (Fsp3) is 0.235. The van der Waals surface area contributed by atoms with Gasteiger partial charge >= 0.3 is 0 Å². The Balaban J connectivity index is 1.88. The number of ether oxygens (including phenoxy) is 2. The number of carbonyl (C=O) groups is 2. The maximum absolute atomic E-state index is 12.2. The molecule has 0 radical (unpaired) electrons. The summed E-state index contributed by atoms with van der Waals surface area (Å²) < 4.78 is 10.8. The van der Waals surface area contributed by atoms with Gasteiger partial charge in [0.15, 0.2) is 18.1 Å². The number of aromatic nitrogens is 1. The number of carbonyl (C=O) groups excluding carboxylic acids is 2. The fourth-order valence-corrected chi connectivity index (χ4v) is 2.73. The molecule has 9 heteroatoms. The van der Waals surface area contributed by atoms with E-state index in [1.165, 1.54) is 23.9 Å². The van der Waals surface area contributed by atoms with Crippen molar-refractivity contribution in [1.82, 2.24) is 15.8 Å². The zero-order chi connectivity index (χ0) is 18.9. The van der Waals surface area contributed by atoms with Crippen LogP contribution in [0.2, 0.25) is 5.15 Å². The van der Waals surface area contributed by atoms with Crippen LogP contribution in [0.5, 0.6) is 11.5 Å². The van der Waals surface area contributed by atoms with E-state index in [-0.39, 0.29) is 11.8 Å². The molecule has 26 heavy (non-hydrogen) atoms. The Kier molecular flexibility index (Phi) is 7.55. The molecule has 138 valence electrons. The lowest BCUT2D eigenvalue weighted by Crippen LogP contribution is -2.44. The van der Waals surface area contributed by atoms with Crippen LogP contribution in [0.25, 0.3) is 0 Å². The molecule has 0 aliphatic heterocycles. The van der Waals surface area contributed by atoms with Crippen molar-refractivity contribution in [3.8, 4) is 11.5 Å². The Hall–Kier alpha value is -2.45. The van der Waals surface area contributed by atoms with Crippen LogP contribution >= 0.6 is 23.4 Å². The number of pyridine rings is 1. The molecule has 2 aromatic rings. The molecule has 1 heterocycles. The average Bonchev–Trinajstić information content (AvgIpc) is 2.65. The molecule has 0 unspecified atom stereocenters. The van der Waals surface area contributed by atoms with Gasteiger partial charge in [-0.2, -0.15) is 0 Å². The highest BCUT2D eigenvalue weighted by molar-refractivity contribution is 7.98. The fourth-order valence-electron chi connectivity index (χ4n) is 1.96. The summed E-state index contributed by atoms with van der Waals surface area (Å²) in [6.45, 7) is 2.06. The van der Waals surface area contributed by atoms with Crippen molar-refractivity contribution in [3.63, 3.8) is 0 Å². The van der Waals surface area contributed by atoms with E-state index in [1.807, 2.05) is 13.0 Å². The smallest absolute Gasteiger partial charge is 0.276 e. The van der Waals surface area contributed by atoms with Crippen LogP contribution in [0.4, 0.5) is 0 Å². The van der Waals surface area contributed by atoms with Crippen LogP contribution in [0.1, 0.15) is 17.3 Å². The van der Waals surface area contributed by atoms with E-state index in [0.717, 1.165) is 0 Å². The lowest BCUT2D eigenvalue weighted by atomic mass is 10.3. The number of thioether (sulfide) groups is 1. The van der Waals surface area contributed by atoms with E-state index >= 15 is 0 Å². The molecule has 0 aliphatic carbocycles. The SMILES string of the molecule is CCOc1ccccc1OCC(=O)NNC(=O)c1ccc(Cl)nc1SC. The van der Waals surface area contributed by atoms with Crippen molar-refractivity contribution >= 4 is 35.2 Å². The van der Waals surface area contributed by atoms with Crippen LogP contribution in [0.15, 0.2) is 41.4 Å². The molecule has 0 bridgehead atoms. The van der Waals surface area contributed by atoms with E-state index in [9.17, 15) is 9.59 Å². The van der Waals surface area contributed by atoms with Gasteiger partial charge < -0.3 is 9.47 Å². The van der Waals surface area contributed by atoms with Gasteiger partial charge in [0.25, 0.3) is 11.8 Å². The lowest BCUT2D eigenvalue weighted by molar-refractivity contribution is -0.123.